The van der Waals surface area contributed by atoms with Crippen LogP contribution in [0.1, 0.15) is 53.9 Å². The second kappa shape index (κ2) is 8.48. The maximum absolute atomic E-state index is 12.0. The Morgan fingerprint density at radius 1 is 1.33 bits per heavy atom. The Morgan fingerprint density at radius 3 is 2.39 bits per heavy atom. The molecule has 0 radical (unpaired) electrons. The van der Waals surface area contributed by atoms with Crippen LogP contribution in [0, 0.1) is 0 Å². The summed E-state index contributed by atoms with van der Waals surface area (Å²) in [5.74, 6) is 0.0547. The Bertz CT molecular complexity index is 236. The van der Waals surface area contributed by atoms with Gasteiger partial charge in [-0.3, -0.25) is 4.79 Å². The molecule has 0 heterocycles. The molecule has 4 nitrogen and oxygen atoms in total. The summed E-state index contributed by atoms with van der Waals surface area (Å²) in [6.45, 7) is 10.8. The Balaban J connectivity index is 4.27. The molecule has 0 fully saturated rings. The minimum atomic E-state index is -0.192. The molecule has 2 N–H and O–H groups in total. The second-order valence-electron chi connectivity index (χ2n) is 5.56. The standard InChI is InChI=1S/C14H30N2O2/c1-7-9-12(10-18-6)15-11(3)13(17)16-14(4,5)8-2/h11-12,15H,7-10H2,1-6H3,(H,16,17). The molecule has 18 heavy (non-hydrogen) atoms. The van der Waals surface area contributed by atoms with Gasteiger partial charge in [0.2, 0.25) is 5.91 Å². The van der Waals surface area contributed by atoms with Gasteiger partial charge in [-0.15, -0.1) is 0 Å². The van der Waals surface area contributed by atoms with Crippen LogP contribution < -0.4 is 10.6 Å². The summed E-state index contributed by atoms with van der Waals surface area (Å²) >= 11 is 0. The SMILES string of the molecule is CCCC(COC)NC(C)C(=O)NC(C)(C)CC. The third kappa shape index (κ3) is 6.97. The first-order chi connectivity index (χ1) is 8.36. The van der Waals surface area contributed by atoms with Crippen molar-refractivity contribution in [2.45, 2.75) is 71.5 Å². The summed E-state index contributed by atoms with van der Waals surface area (Å²) in [6.07, 6.45) is 3.01. The molecule has 0 saturated carbocycles. The number of nitrogens with one attached hydrogen (secondary N) is 2. The summed E-state index contributed by atoms with van der Waals surface area (Å²) in [4.78, 5) is 12.0. The first-order valence-electron chi connectivity index (χ1n) is 6.93. The average molecular weight is 258 g/mol. The van der Waals surface area contributed by atoms with E-state index in [2.05, 4.69) is 24.5 Å². The van der Waals surface area contributed by atoms with Crippen LogP contribution in [0.2, 0.25) is 0 Å². The largest absolute Gasteiger partial charge is 0.383 e. The van der Waals surface area contributed by atoms with Gasteiger partial charge in [0.25, 0.3) is 0 Å². The zero-order valence-electron chi connectivity index (χ0n) is 12.8. The molecule has 0 aliphatic rings. The molecule has 0 saturated heterocycles. The van der Waals surface area contributed by atoms with Crippen LogP contribution in [-0.4, -0.2) is 37.2 Å². The third-order valence-corrected chi connectivity index (χ3v) is 3.23. The molecule has 0 rings (SSSR count). The molecule has 4 heteroatoms. The summed E-state index contributed by atoms with van der Waals surface area (Å²) in [7, 11) is 1.69. The third-order valence-electron chi connectivity index (χ3n) is 3.23. The second-order valence-corrected chi connectivity index (χ2v) is 5.56. The molecule has 1 amide bonds. The van der Waals surface area contributed by atoms with Crippen molar-refractivity contribution < 1.29 is 9.53 Å². The highest BCUT2D eigenvalue weighted by Gasteiger charge is 2.23. The molecule has 108 valence electrons. The van der Waals surface area contributed by atoms with Crippen molar-refractivity contribution in [3.05, 3.63) is 0 Å². The van der Waals surface area contributed by atoms with E-state index in [1.165, 1.54) is 0 Å². The van der Waals surface area contributed by atoms with E-state index in [4.69, 9.17) is 4.74 Å². The number of ether oxygens (including phenoxy) is 1. The van der Waals surface area contributed by atoms with Crippen molar-refractivity contribution in [2.75, 3.05) is 13.7 Å². The lowest BCUT2D eigenvalue weighted by Crippen LogP contribution is -2.53. The van der Waals surface area contributed by atoms with E-state index >= 15 is 0 Å². The first-order valence-corrected chi connectivity index (χ1v) is 6.93. The van der Waals surface area contributed by atoms with E-state index in [0.717, 1.165) is 19.3 Å². The lowest BCUT2D eigenvalue weighted by molar-refractivity contribution is -0.124. The molecule has 0 aromatic carbocycles. The van der Waals surface area contributed by atoms with Crippen LogP contribution in [0.3, 0.4) is 0 Å². The molecular formula is C14H30N2O2. The molecule has 0 bridgehead atoms. The van der Waals surface area contributed by atoms with Crippen LogP contribution in [-0.2, 0) is 9.53 Å². The Labute approximate surface area is 112 Å². The summed E-state index contributed by atoms with van der Waals surface area (Å²) in [6, 6.07) is 0.0491. The van der Waals surface area contributed by atoms with Crippen molar-refractivity contribution >= 4 is 5.91 Å². The predicted molar refractivity (Wildman–Crippen MR) is 75.7 cm³/mol. The number of hydrogen-bond donors (Lipinski definition) is 2. The van der Waals surface area contributed by atoms with Gasteiger partial charge in [0, 0.05) is 18.7 Å². The van der Waals surface area contributed by atoms with Gasteiger partial charge in [-0.1, -0.05) is 20.3 Å². The Kier molecular flexibility index (Phi) is 8.20. The summed E-state index contributed by atoms with van der Waals surface area (Å²) in [5.41, 5.74) is -0.144. The van der Waals surface area contributed by atoms with Crippen molar-refractivity contribution in [3.8, 4) is 0 Å². The van der Waals surface area contributed by atoms with E-state index in [9.17, 15) is 4.79 Å². The maximum atomic E-state index is 12.0. The van der Waals surface area contributed by atoms with E-state index < -0.39 is 0 Å². The fourth-order valence-corrected chi connectivity index (χ4v) is 1.72. The highest BCUT2D eigenvalue weighted by molar-refractivity contribution is 5.82. The minimum Gasteiger partial charge on any atom is -0.383 e. The number of carbonyl (C=O) groups excluding carboxylic acids is 1. The van der Waals surface area contributed by atoms with Gasteiger partial charge in [-0.05, 0) is 33.6 Å². The number of methoxy groups -OCH3 is 1. The molecule has 0 aliphatic heterocycles. The van der Waals surface area contributed by atoms with Gasteiger partial charge < -0.3 is 15.4 Å². The number of rotatable bonds is 9. The number of hydrogen-bond acceptors (Lipinski definition) is 3. The zero-order chi connectivity index (χ0) is 14.2. The van der Waals surface area contributed by atoms with Crippen LogP contribution >= 0.6 is 0 Å². The molecular weight excluding hydrogens is 228 g/mol. The van der Waals surface area contributed by atoms with Crippen molar-refractivity contribution in [1.82, 2.24) is 10.6 Å². The average Bonchev–Trinajstić information content (AvgIpc) is 2.29. The van der Waals surface area contributed by atoms with Crippen molar-refractivity contribution in [1.29, 1.82) is 0 Å². The molecule has 0 aliphatic carbocycles. The fraction of sp³-hybridized carbons (Fsp3) is 0.929. The Hall–Kier alpha value is -0.610. The molecule has 0 spiro atoms. The van der Waals surface area contributed by atoms with Crippen LogP contribution in [0.5, 0.6) is 0 Å². The fourth-order valence-electron chi connectivity index (χ4n) is 1.72. The van der Waals surface area contributed by atoms with Gasteiger partial charge in [0.1, 0.15) is 0 Å². The smallest absolute Gasteiger partial charge is 0.237 e. The van der Waals surface area contributed by atoms with Crippen molar-refractivity contribution in [3.63, 3.8) is 0 Å². The highest BCUT2D eigenvalue weighted by atomic mass is 16.5. The van der Waals surface area contributed by atoms with Crippen LogP contribution in [0.25, 0.3) is 0 Å². The minimum absolute atomic E-state index is 0.0547. The van der Waals surface area contributed by atoms with Crippen LogP contribution in [0.15, 0.2) is 0 Å². The quantitative estimate of drug-likeness (QED) is 0.666. The molecule has 0 aromatic rings. The first kappa shape index (κ1) is 17.4. The molecule has 0 aromatic heterocycles. The van der Waals surface area contributed by atoms with Gasteiger partial charge in [-0.2, -0.15) is 0 Å². The van der Waals surface area contributed by atoms with Gasteiger partial charge >= 0.3 is 0 Å². The topological polar surface area (TPSA) is 50.4 Å². The normalized spacial score (nSPS) is 15.2. The number of amides is 1. The van der Waals surface area contributed by atoms with E-state index in [0.29, 0.717) is 6.61 Å². The maximum Gasteiger partial charge on any atom is 0.237 e. The Morgan fingerprint density at radius 2 is 1.94 bits per heavy atom. The summed E-state index contributed by atoms with van der Waals surface area (Å²) < 4.78 is 5.17. The molecule has 2 atom stereocenters. The van der Waals surface area contributed by atoms with Crippen LogP contribution in [0.4, 0.5) is 0 Å². The summed E-state index contributed by atoms with van der Waals surface area (Å²) in [5, 5.41) is 6.38. The van der Waals surface area contributed by atoms with Crippen molar-refractivity contribution in [2.24, 2.45) is 0 Å². The lowest BCUT2D eigenvalue weighted by atomic mass is 10.0. The highest BCUT2D eigenvalue weighted by Crippen LogP contribution is 2.07. The molecule has 2 unspecified atom stereocenters. The predicted octanol–water partition coefficient (Wildman–Crippen LogP) is 2.08. The van der Waals surface area contributed by atoms with Gasteiger partial charge in [0.05, 0.1) is 12.6 Å². The number of carbonyl (C=O) groups is 1. The van der Waals surface area contributed by atoms with Gasteiger partial charge in [-0.25, -0.2) is 0 Å². The lowest BCUT2D eigenvalue weighted by Gasteiger charge is -2.28. The monoisotopic (exact) mass is 258 g/mol. The van der Waals surface area contributed by atoms with Gasteiger partial charge in [0.15, 0.2) is 0 Å². The zero-order valence-corrected chi connectivity index (χ0v) is 12.8. The van der Waals surface area contributed by atoms with E-state index in [-0.39, 0.29) is 23.5 Å². The van der Waals surface area contributed by atoms with E-state index in [1.807, 2.05) is 20.8 Å². The van der Waals surface area contributed by atoms with E-state index in [1.54, 1.807) is 7.11 Å².